The molecule has 0 spiro atoms. The van der Waals surface area contributed by atoms with Gasteiger partial charge in [0.1, 0.15) is 12.6 Å². The zero-order valence-corrected chi connectivity index (χ0v) is 27.4. The minimum absolute atomic E-state index is 0. The van der Waals surface area contributed by atoms with Crippen molar-refractivity contribution in [1.82, 2.24) is 10.6 Å². The van der Waals surface area contributed by atoms with Crippen molar-refractivity contribution in [3.63, 3.8) is 0 Å². The van der Waals surface area contributed by atoms with Crippen molar-refractivity contribution in [2.45, 2.75) is 45.3 Å². The molecule has 3 N–H and O–H groups in total. The molecule has 1 saturated heterocycles. The van der Waals surface area contributed by atoms with Gasteiger partial charge in [0.2, 0.25) is 12.7 Å². The van der Waals surface area contributed by atoms with Crippen molar-refractivity contribution in [3.8, 4) is 11.5 Å². The van der Waals surface area contributed by atoms with Crippen molar-refractivity contribution >= 4 is 23.6 Å². The van der Waals surface area contributed by atoms with Crippen LogP contribution in [0, 0.1) is 6.92 Å². The summed E-state index contributed by atoms with van der Waals surface area (Å²) in [5.74, 6) is 0.884. The maximum atomic E-state index is 13.6. The second-order valence-electron chi connectivity index (χ2n) is 11.5. The third-order valence-electron chi connectivity index (χ3n) is 7.86. The summed E-state index contributed by atoms with van der Waals surface area (Å²) in [6, 6.07) is 19.1. The summed E-state index contributed by atoms with van der Waals surface area (Å²) < 4.78 is 16.8. The van der Waals surface area contributed by atoms with Crippen molar-refractivity contribution in [2.75, 3.05) is 38.9 Å². The molecule has 3 atom stereocenters. The fourth-order valence-corrected chi connectivity index (χ4v) is 5.62. The number of hydrogen-bond donors (Lipinski definition) is 3. The highest BCUT2D eigenvalue weighted by molar-refractivity contribution is 5.95. The number of halogens is 1. The summed E-state index contributed by atoms with van der Waals surface area (Å²) in [5.41, 5.74) is 4.11. The molecular weight excluding hydrogens is 675 g/mol. The number of esters is 1. The van der Waals surface area contributed by atoms with Crippen LogP contribution in [0.2, 0.25) is 0 Å². The molecule has 0 aliphatic carbocycles. The van der Waals surface area contributed by atoms with Gasteiger partial charge in [-0.15, -0.1) is 0 Å². The molecule has 2 aliphatic rings. The number of benzene rings is 3. The fourth-order valence-electron chi connectivity index (χ4n) is 5.62. The molecule has 1 fully saturated rings. The number of nitrogens with one attached hydrogen (secondary N) is 3. The van der Waals surface area contributed by atoms with E-state index in [9.17, 15) is 14.4 Å². The van der Waals surface area contributed by atoms with Crippen LogP contribution >= 0.6 is 0 Å². The van der Waals surface area contributed by atoms with E-state index >= 15 is 0 Å². The highest BCUT2D eigenvalue weighted by Crippen LogP contribution is 2.34. The van der Waals surface area contributed by atoms with Crippen molar-refractivity contribution in [3.05, 3.63) is 89.0 Å². The zero-order chi connectivity index (χ0) is 30.4. The molecule has 2 aliphatic heterocycles. The molecule has 10 nitrogen and oxygen atoms in total. The smallest absolute Gasteiger partial charge is 0.338 e. The summed E-state index contributed by atoms with van der Waals surface area (Å²) >= 11 is 0. The number of nitrogens with zero attached hydrogens (tertiary/aromatic N) is 1. The van der Waals surface area contributed by atoms with E-state index in [0.29, 0.717) is 17.7 Å². The normalized spacial score (nSPS) is 18.9. The van der Waals surface area contributed by atoms with Gasteiger partial charge < -0.3 is 58.6 Å². The molecule has 3 aromatic rings. The SMILES string of the molecule is CCOC(=O)c1ccc(NC(=O)N[C@@H](Cc2ccc(C)cc2)C(=O)N[C@H]2CC[N+](C)(Cc3ccc4c(c3)OCO4)C2)cc1.[I-]. The first-order valence-electron chi connectivity index (χ1n) is 14.6. The van der Waals surface area contributed by atoms with Gasteiger partial charge in [-0.1, -0.05) is 29.8 Å². The number of quaternary nitrogens is 1. The van der Waals surface area contributed by atoms with Crippen molar-refractivity contribution in [1.29, 1.82) is 0 Å². The molecule has 11 heteroatoms. The van der Waals surface area contributed by atoms with Crippen LogP contribution in [-0.4, -0.2) is 68.0 Å². The van der Waals surface area contributed by atoms with Gasteiger partial charge in [0.25, 0.3) is 0 Å². The minimum atomic E-state index is -0.783. The Labute approximate surface area is 275 Å². The largest absolute Gasteiger partial charge is 1.00 e. The Hall–Kier alpha value is -3.84. The van der Waals surface area contributed by atoms with E-state index in [-0.39, 0.29) is 49.3 Å². The van der Waals surface area contributed by atoms with Crippen molar-refractivity contribution < 1.29 is 57.1 Å². The molecular formula is C33H39IN4O6. The van der Waals surface area contributed by atoms with Gasteiger partial charge in [0.15, 0.2) is 11.5 Å². The Morgan fingerprint density at radius 1 is 0.977 bits per heavy atom. The first kappa shape index (κ1) is 33.1. The Kier molecular flexibility index (Phi) is 11.1. The zero-order valence-electron chi connectivity index (χ0n) is 25.2. The number of anilines is 1. The lowest BCUT2D eigenvalue weighted by molar-refractivity contribution is -0.911. The van der Waals surface area contributed by atoms with E-state index in [1.807, 2.05) is 43.3 Å². The van der Waals surface area contributed by atoms with E-state index in [2.05, 4.69) is 29.1 Å². The second-order valence-corrected chi connectivity index (χ2v) is 11.5. The second kappa shape index (κ2) is 14.8. The summed E-state index contributed by atoms with van der Waals surface area (Å²) in [4.78, 5) is 38.5. The molecule has 44 heavy (non-hydrogen) atoms. The van der Waals surface area contributed by atoms with Crippen LogP contribution in [0.1, 0.15) is 40.4 Å². The standard InChI is InChI=1S/C33H38N4O6.HI/c1-4-41-32(39)25-10-12-26(13-11-25)35-33(40)36-28(17-23-7-5-22(2)6-8-23)31(38)34-27-15-16-37(3,20-27)19-24-9-14-29-30(18-24)43-21-42-29;/h5-14,18,27-28H,4,15-17,19-21H2,1-3H3,(H2-,34,35,36,38,39,40);1H/t27-,28-,37?;/m0./s1. The Morgan fingerprint density at radius 2 is 1.68 bits per heavy atom. The van der Waals surface area contributed by atoms with Crippen LogP contribution in [-0.2, 0) is 22.5 Å². The van der Waals surface area contributed by atoms with E-state index in [0.717, 1.165) is 58.7 Å². The molecule has 0 aromatic heterocycles. The van der Waals surface area contributed by atoms with E-state index < -0.39 is 18.0 Å². The summed E-state index contributed by atoms with van der Waals surface area (Å²) in [6.07, 6.45) is 1.18. The first-order chi connectivity index (χ1) is 20.7. The topological polar surface area (TPSA) is 115 Å². The molecule has 234 valence electrons. The highest BCUT2D eigenvalue weighted by atomic mass is 127. The number of ether oxygens (including phenoxy) is 3. The van der Waals surface area contributed by atoms with Gasteiger partial charge in [-0.05, 0) is 61.9 Å². The maximum absolute atomic E-state index is 13.6. The number of carbonyl (C=O) groups excluding carboxylic acids is 3. The predicted molar refractivity (Wildman–Crippen MR) is 162 cm³/mol. The lowest BCUT2D eigenvalue weighted by Gasteiger charge is -2.30. The predicted octanol–water partition coefficient (Wildman–Crippen LogP) is 1.17. The fraction of sp³-hybridized carbons (Fsp3) is 0.364. The van der Waals surface area contributed by atoms with Gasteiger partial charge in [-0.3, -0.25) is 4.79 Å². The Morgan fingerprint density at radius 3 is 2.41 bits per heavy atom. The number of amides is 3. The lowest BCUT2D eigenvalue weighted by atomic mass is 10.0. The lowest BCUT2D eigenvalue weighted by Crippen LogP contribution is -3.00. The number of likely N-dealkylation sites (tertiary alicyclic amines) is 1. The Balaban J connectivity index is 0.00000442. The molecule has 0 bridgehead atoms. The molecule has 1 unspecified atom stereocenters. The molecule has 2 heterocycles. The molecule has 3 amide bonds. The molecule has 3 aromatic carbocycles. The van der Waals surface area contributed by atoms with E-state index in [4.69, 9.17) is 14.2 Å². The van der Waals surface area contributed by atoms with Crippen LogP contribution in [0.25, 0.3) is 0 Å². The first-order valence-corrected chi connectivity index (χ1v) is 14.6. The molecule has 0 saturated carbocycles. The van der Waals surface area contributed by atoms with E-state index in [1.165, 1.54) is 0 Å². The average Bonchev–Trinajstić information content (AvgIpc) is 3.60. The summed E-state index contributed by atoms with van der Waals surface area (Å²) in [7, 11) is 2.19. The summed E-state index contributed by atoms with van der Waals surface area (Å²) in [5, 5.41) is 8.83. The van der Waals surface area contributed by atoms with Crippen LogP contribution in [0.15, 0.2) is 66.7 Å². The average molecular weight is 715 g/mol. The number of urea groups is 1. The third-order valence-corrected chi connectivity index (χ3v) is 7.86. The number of fused-ring (bicyclic) bond motifs is 1. The van der Waals surface area contributed by atoms with Crippen molar-refractivity contribution in [2.24, 2.45) is 0 Å². The van der Waals surface area contributed by atoms with Gasteiger partial charge >= 0.3 is 12.0 Å². The quantitative estimate of drug-likeness (QED) is 0.165. The highest BCUT2D eigenvalue weighted by Gasteiger charge is 2.37. The van der Waals surface area contributed by atoms with Gasteiger partial charge in [-0.2, -0.15) is 0 Å². The maximum Gasteiger partial charge on any atom is 0.338 e. The van der Waals surface area contributed by atoms with Gasteiger partial charge in [0, 0.05) is 24.1 Å². The third kappa shape index (κ3) is 8.63. The van der Waals surface area contributed by atoms with E-state index in [1.54, 1.807) is 31.2 Å². The van der Waals surface area contributed by atoms with Crippen LogP contribution in [0.3, 0.4) is 0 Å². The number of hydrogen-bond acceptors (Lipinski definition) is 6. The molecule has 0 radical (unpaired) electrons. The number of likely N-dealkylation sites (N-methyl/N-ethyl adjacent to an activating group) is 1. The number of rotatable bonds is 10. The monoisotopic (exact) mass is 714 g/mol. The van der Waals surface area contributed by atoms with Crippen LogP contribution < -0.4 is 49.4 Å². The van der Waals surface area contributed by atoms with Gasteiger partial charge in [-0.25, -0.2) is 9.59 Å². The van der Waals surface area contributed by atoms with Crippen LogP contribution in [0.5, 0.6) is 11.5 Å². The number of carbonyl (C=O) groups is 3. The number of aryl methyl sites for hydroxylation is 1. The minimum Gasteiger partial charge on any atom is -1.00 e. The Bertz CT molecular complexity index is 1470. The van der Waals surface area contributed by atoms with Crippen LogP contribution in [0.4, 0.5) is 10.5 Å². The van der Waals surface area contributed by atoms with Gasteiger partial charge in [0.05, 0.1) is 38.3 Å². The summed E-state index contributed by atoms with van der Waals surface area (Å²) in [6.45, 7) is 6.78. The molecule has 5 rings (SSSR count).